The van der Waals surface area contributed by atoms with Crippen LogP contribution < -0.4 is 0 Å². The molecule has 5 nitrogen and oxygen atoms in total. The molecule has 0 aromatic carbocycles. The molecule has 1 heterocycles. The van der Waals surface area contributed by atoms with Gasteiger partial charge < -0.3 is 14.6 Å². The first-order valence-electron chi connectivity index (χ1n) is 13.9. The third kappa shape index (κ3) is 5.30. The molecule has 1 unspecified atom stereocenters. The van der Waals surface area contributed by atoms with Crippen LogP contribution in [0.25, 0.3) is 0 Å². The minimum Gasteiger partial charge on any atom is -0.462 e. The van der Waals surface area contributed by atoms with Crippen molar-refractivity contribution in [1.82, 2.24) is 0 Å². The summed E-state index contributed by atoms with van der Waals surface area (Å²) in [6, 6.07) is 0. The molecule has 1 saturated heterocycles. The highest BCUT2D eigenvalue weighted by Crippen LogP contribution is 2.45. The third-order valence-electron chi connectivity index (χ3n) is 6.39. The predicted octanol–water partition coefficient (Wildman–Crippen LogP) is 4.20. The Bertz CT molecular complexity index is 898. The Hall–Kier alpha value is -1.62. The maximum absolute atomic E-state index is 13.1. The fourth-order valence-electron chi connectivity index (χ4n) is 4.90. The largest absolute Gasteiger partial charge is 0.462 e. The first-order valence-corrected chi connectivity index (χ1v) is 10.5. The van der Waals surface area contributed by atoms with Crippen LogP contribution in [0.4, 0.5) is 0 Å². The summed E-state index contributed by atoms with van der Waals surface area (Å²) in [4.78, 5) is 25.0. The van der Waals surface area contributed by atoms with Crippen molar-refractivity contribution >= 4 is 11.9 Å². The molecule has 0 bridgehead atoms. The number of carbonyl (C=O) groups is 2. The maximum Gasteiger partial charge on any atom is 0.308 e. The number of carbonyl (C=O) groups excluding carboxylic acids is 2. The minimum absolute atomic E-state index is 0.0129. The Kier molecular flexibility index (Phi) is 4.70. The summed E-state index contributed by atoms with van der Waals surface area (Å²) in [7, 11) is 0. The number of ether oxygens (including phenoxy) is 2. The fourth-order valence-corrected chi connectivity index (χ4v) is 4.90. The van der Waals surface area contributed by atoms with Crippen molar-refractivity contribution in [3.63, 3.8) is 0 Å². The monoisotopic (exact) mass is 411 g/mol. The first-order chi connectivity index (χ1) is 16.6. The molecule has 0 saturated carbocycles. The number of allylic oxidation sites excluding steroid dienone is 3. The van der Waals surface area contributed by atoms with Gasteiger partial charge in [0.25, 0.3) is 0 Å². The number of hydrogen-bond donors (Lipinski definition) is 1. The van der Waals surface area contributed by atoms with E-state index in [2.05, 4.69) is 24.2 Å². The van der Waals surface area contributed by atoms with Crippen LogP contribution in [0.15, 0.2) is 23.8 Å². The van der Waals surface area contributed by atoms with Crippen molar-refractivity contribution in [2.24, 2.45) is 29.6 Å². The summed E-state index contributed by atoms with van der Waals surface area (Å²) < 4.78 is 65.2. The molecule has 29 heavy (non-hydrogen) atoms. The van der Waals surface area contributed by atoms with Crippen molar-refractivity contribution in [1.29, 1.82) is 1.43 Å². The predicted molar refractivity (Wildman–Crippen MR) is 111 cm³/mol. The lowest BCUT2D eigenvalue weighted by Gasteiger charge is -2.43. The van der Waals surface area contributed by atoms with E-state index in [-0.39, 0.29) is 36.2 Å². The highest BCUT2D eigenvalue weighted by atomic mass is 16.5. The van der Waals surface area contributed by atoms with Crippen LogP contribution in [0.2, 0.25) is 0 Å². The van der Waals surface area contributed by atoms with Gasteiger partial charge in [-0.15, -0.1) is 0 Å². The molecule has 3 rings (SSSR count). The van der Waals surface area contributed by atoms with E-state index >= 15 is 0 Å². The Morgan fingerprint density at radius 3 is 3.07 bits per heavy atom. The van der Waals surface area contributed by atoms with Gasteiger partial charge in [0.1, 0.15) is 12.2 Å². The Morgan fingerprint density at radius 2 is 2.31 bits per heavy atom. The second kappa shape index (κ2) is 9.46. The zero-order valence-electron chi connectivity index (χ0n) is 24.4. The highest BCUT2D eigenvalue weighted by molar-refractivity contribution is 5.72. The van der Waals surface area contributed by atoms with Gasteiger partial charge >= 0.3 is 11.9 Å². The van der Waals surface area contributed by atoms with E-state index < -0.39 is 43.3 Å². The van der Waals surface area contributed by atoms with E-state index in [1.54, 1.807) is 0 Å². The molecule has 0 aromatic heterocycles. The van der Waals surface area contributed by atoms with Crippen molar-refractivity contribution in [2.75, 3.05) is 0 Å². The average Bonchev–Trinajstić information content (AvgIpc) is 2.77. The van der Waals surface area contributed by atoms with E-state index in [4.69, 9.17) is 19.1 Å². The summed E-state index contributed by atoms with van der Waals surface area (Å²) in [6.45, 7) is 1.82. The Labute approximate surface area is 184 Å². The second-order valence-corrected chi connectivity index (χ2v) is 8.73. The number of aliphatic hydroxyl groups excluding tert-OH is 1. The van der Waals surface area contributed by atoms with Crippen LogP contribution in [-0.2, 0) is 19.1 Å². The van der Waals surface area contributed by atoms with Crippen LogP contribution in [0.3, 0.4) is 0 Å². The van der Waals surface area contributed by atoms with E-state index in [1.165, 1.54) is 0 Å². The molecule has 5 heteroatoms. The van der Waals surface area contributed by atoms with Gasteiger partial charge in [-0.25, -0.2) is 0 Å². The van der Waals surface area contributed by atoms with Crippen LogP contribution >= 0.6 is 0 Å². The van der Waals surface area contributed by atoms with Gasteiger partial charge in [0.05, 0.1) is 18.4 Å². The van der Waals surface area contributed by atoms with Gasteiger partial charge in [0.15, 0.2) is 0 Å². The van der Waals surface area contributed by atoms with E-state index in [0.717, 1.165) is 12.5 Å². The Morgan fingerprint density at radius 1 is 1.48 bits per heavy atom. The molecule has 162 valence electrons. The van der Waals surface area contributed by atoms with Gasteiger partial charge in [-0.3, -0.25) is 9.59 Å². The van der Waals surface area contributed by atoms with Gasteiger partial charge in [-0.05, 0) is 49.0 Å². The molecule has 1 fully saturated rings. The number of cyclic esters (lactones) is 1. The van der Waals surface area contributed by atoms with Gasteiger partial charge in [-0.1, -0.05) is 45.9 Å². The number of rotatable bonds is 7. The molecular weight excluding hydrogens is 368 g/mol. The number of hydrogen-bond acceptors (Lipinski definition) is 5. The summed E-state index contributed by atoms with van der Waals surface area (Å²) in [6.07, 6.45) is 3.76. The Balaban J connectivity index is 1.81. The number of fused-ring (bicyclic) bond motifs is 1. The lowest BCUT2D eigenvalue weighted by atomic mass is 9.65. The van der Waals surface area contributed by atoms with Crippen LogP contribution in [0.5, 0.6) is 0 Å². The summed E-state index contributed by atoms with van der Waals surface area (Å²) in [5.41, 5.74) is 0.994. The molecule has 1 N–H and O–H groups in total. The van der Waals surface area contributed by atoms with Crippen molar-refractivity contribution in [3.8, 4) is 0 Å². The zero-order chi connectivity index (χ0) is 27.1. The van der Waals surface area contributed by atoms with E-state index in [1.807, 2.05) is 13.0 Å². The maximum atomic E-state index is 13.1. The van der Waals surface area contributed by atoms with Crippen molar-refractivity contribution in [2.45, 2.75) is 84.4 Å². The van der Waals surface area contributed by atoms with Crippen LogP contribution in [0, 0.1) is 29.6 Å². The van der Waals surface area contributed by atoms with Crippen molar-refractivity contribution in [3.05, 3.63) is 23.8 Å². The van der Waals surface area contributed by atoms with Gasteiger partial charge in [-0.2, -0.15) is 0 Å². The van der Waals surface area contributed by atoms with Crippen LogP contribution in [-0.4, -0.2) is 36.8 Å². The summed E-state index contributed by atoms with van der Waals surface area (Å²) >= 11 is 0. The topological polar surface area (TPSA) is 72.8 Å². The summed E-state index contributed by atoms with van der Waals surface area (Å²) in [5.74, 6) is -4.24. The molecule has 0 spiro atoms. The molecule has 0 aromatic rings. The fraction of sp³-hybridized carbons (Fsp3) is 0.750. The standard InChI is InChI=1S/C24H36O5/c1-5-15(3)24(27)29-21-11-14(2)10-17-7-6-16(4)20(23(17)21)9-8-19-12-18(25)13-22(26)28-19/h6-7,10,14-16,18-21,23,25H,5,8-9,11-13H2,1-4H3/t14-,15-,16-,18+,19?,20-,21-,23-/m0/s1/i1D3,5D2,15D,25D. The molecule has 2 aliphatic carbocycles. The SMILES string of the molecule is [2H]O[C@H]1CC(=O)OC(CC[C@@H]2[C@@H]3C(=C[C@H](C)C[C@@H]3OC(=O)[C@@]([2H])(C)C([2H])([2H])C([2H])([2H])[2H])C=C[C@@H]2C)C1. The molecular formula is C24H36O5. The van der Waals surface area contributed by atoms with Crippen LogP contribution in [0.1, 0.15) is 74.3 Å². The summed E-state index contributed by atoms with van der Waals surface area (Å²) in [5, 5.41) is 4.63. The lowest BCUT2D eigenvalue weighted by molar-refractivity contribution is -0.162. The van der Waals surface area contributed by atoms with Gasteiger partial charge in [0, 0.05) is 20.6 Å². The van der Waals surface area contributed by atoms with E-state index in [0.29, 0.717) is 25.7 Å². The van der Waals surface area contributed by atoms with Crippen molar-refractivity contribution < 1.29 is 32.4 Å². The highest BCUT2D eigenvalue weighted by Gasteiger charge is 2.42. The lowest BCUT2D eigenvalue weighted by Crippen LogP contribution is -2.42. The molecule has 1 aliphatic heterocycles. The number of esters is 2. The zero-order valence-corrected chi connectivity index (χ0v) is 17.4. The molecule has 3 aliphatic rings. The normalized spacial score (nSPS) is 43.4. The minimum atomic E-state index is -3.17. The molecule has 0 amide bonds. The third-order valence-corrected chi connectivity index (χ3v) is 6.39. The number of aliphatic hydroxyl groups is 1. The smallest absolute Gasteiger partial charge is 0.308 e. The first kappa shape index (κ1) is 14.4. The quantitative estimate of drug-likeness (QED) is 0.636. The molecule has 0 radical (unpaired) electrons. The van der Waals surface area contributed by atoms with E-state index in [9.17, 15) is 9.59 Å². The average molecular weight is 412 g/mol. The second-order valence-electron chi connectivity index (χ2n) is 8.73. The molecule has 8 atom stereocenters. The van der Waals surface area contributed by atoms with Gasteiger partial charge in [0.2, 0.25) is 1.43 Å².